The number of hydrogen-bond donors (Lipinski definition) is 0. The van der Waals surface area contributed by atoms with Crippen LogP contribution in [0.4, 0.5) is 0 Å². The Morgan fingerprint density at radius 2 is 2.00 bits per heavy atom. The first-order valence-electron chi connectivity index (χ1n) is 5.06. The molecule has 1 aliphatic heterocycles. The highest BCUT2D eigenvalue weighted by Crippen LogP contribution is 2.18. The molecule has 1 rings (SSSR count). The Labute approximate surface area is 76.5 Å². The van der Waals surface area contributed by atoms with Gasteiger partial charge in [-0.05, 0) is 33.4 Å². The summed E-state index contributed by atoms with van der Waals surface area (Å²) in [6.45, 7) is 11.8. The molecule has 1 aliphatic rings. The molecular weight excluding hydrogens is 148 g/mol. The Morgan fingerprint density at radius 1 is 1.42 bits per heavy atom. The molecule has 0 aromatic carbocycles. The first-order chi connectivity index (χ1) is 5.63. The summed E-state index contributed by atoms with van der Waals surface area (Å²) in [7, 11) is 2.21. The highest BCUT2D eigenvalue weighted by Gasteiger charge is 2.28. The van der Waals surface area contributed by atoms with Crippen molar-refractivity contribution in [2.75, 3.05) is 33.2 Å². The molecule has 1 saturated heterocycles. The van der Waals surface area contributed by atoms with Crippen molar-refractivity contribution in [1.29, 1.82) is 0 Å². The molecule has 0 amide bonds. The summed E-state index contributed by atoms with van der Waals surface area (Å²) in [4.78, 5) is 4.94. The third-order valence-corrected chi connectivity index (χ3v) is 2.83. The van der Waals surface area contributed by atoms with Gasteiger partial charge in [-0.3, -0.25) is 0 Å². The minimum absolute atomic E-state index is 0.744. The van der Waals surface area contributed by atoms with Crippen LogP contribution in [-0.2, 0) is 0 Å². The normalized spacial score (nSPS) is 20.5. The highest BCUT2D eigenvalue weighted by molar-refractivity contribution is 4.83. The predicted octanol–water partition coefficient (Wildman–Crippen LogP) is 1.28. The van der Waals surface area contributed by atoms with E-state index >= 15 is 0 Å². The van der Waals surface area contributed by atoms with Gasteiger partial charge in [0.2, 0.25) is 0 Å². The van der Waals surface area contributed by atoms with Crippen molar-refractivity contribution >= 4 is 0 Å². The highest BCUT2D eigenvalue weighted by atomic mass is 15.2. The minimum atomic E-state index is 0.744. The molecule has 1 fully saturated rings. The molecule has 2 nitrogen and oxygen atoms in total. The summed E-state index contributed by atoms with van der Waals surface area (Å²) in [6.07, 6.45) is 0. The van der Waals surface area contributed by atoms with Gasteiger partial charge in [0.1, 0.15) is 0 Å². The van der Waals surface area contributed by atoms with Gasteiger partial charge in [0.05, 0.1) is 0 Å². The second-order valence-corrected chi connectivity index (χ2v) is 4.27. The van der Waals surface area contributed by atoms with Crippen molar-refractivity contribution in [1.82, 2.24) is 9.80 Å². The molecule has 0 aromatic rings. The summed E-state index contributed by atoms with van der Waals surface area (Å²) in [5, 5.41) is 0. The summed E-state index contributed by atoms with van der Waals surface area (Å²) in [5.41, 5.74) is 0. The maximum absolute atomic E-state index is 2.54. The SMILES string of the molecule is CCN(C)CC1CN(C(C)C)C1. The zero-order valence-corrected chi connectivity index (χ0v) is 8.88. The molecule has 2 heteroatoms. The van der Waals surface area contributed by atoms with E-state index in [1.807, 2.05) is 0 Å². The monoisotopic (exact) mass is 170 g/mol. The Morgan fingerprint density at radius 3 is 2.42 bits per heavy atom. The van der Waals surface area contributed by atoms with Gasteiger partial charge in [-0.2, -0.15) is 0 Å². The minimum Gasteiger partial charge on any atom is -0.306 e. The van der Waals surface area contributed by atoms with Crippen LogP contribution in [-0.4, -0.2) is 49.1 Å². The van der Waals surface area contributed by atoms with Gasteiger partial charge >= 0.3 is 0 Å². The second kappa shape index (κ2) is 4.24. The molecule has 0 spiro atoms. The van der Waals surface area contributed by atoms with E-state index in [1.54, 1.807) is 0 Å². The van der Waals surface area contributed by atoms with Crippen molar-refractivity contribution in [3.8, 4) is 0 Å². The summed E-state index contributed by atoms with van der Waals surface area (Å²) >= 11 is 0. The largest absolute Gasteiger partial charge is 0.306 e. The average molecular weight is 170 g/mol. The molecule has 0 aromatic heterocycles. The van der Waals surface area contributed by atoms with Crippen molar-refractivity contribution in [2.24, 2.45) is 5.92 Å². The fourth-order valence-corrected chi connectivity index (χ4v) is 1.72. The molecule has 12 heavy (non-hydrogen) atoms. The zero-order valence-electron chi connectivity index (χ0n) is 8.88. The lowest BCUT2D eigenvalue weighted by atomic mass is 9.98. The van der Waals surface area contributed by atoms with E-state index in [2.05, 4.69) is 37.6 Å². The topological polar surface area (TPSA) is 6.48 Å². The van der Waals surface area contributed by atoms with Crippen LogP contribution in [0.3, 0.4) is 0 Å². The number of rotatable bonds is 4. The summed E-state index contributed by atoms with van der Waals surface area (Å²) in [6, 6.07) is 0.744. The van der Waals surface area contributed by atoms with E-state index < -0.39 is 0 Å². The zero-order chi connectivity index (χ0) is 9.14. The number of hydrogen-bond acceptors (Lipinski definition) is 2. The first-order valence-corrected chi connectivity index (χ1v) is 5.06. The maximum atomic E-state index is 2.54. The lowest BCUT2D eigenvalue weighted by molar-refractivity contribution is 0.0486. The Kier molecular flexibility index (Phi) is 3.53. The fourth-order valence-electron chi connectivity index (χ4n) is 1.72. The molecular formula is C10H22N2. The van der Waals surface area contributed by atoms with E-state index in [1.165, 1.54) is 26.2 Å². The molecule has 0 aliphatic carbocycles. The first kappa shape index (κ1) is 10.0. The van der Waals surface area contributed by atoms with Crippen molar-refractivity contribution < 1.29 is 0 Å². The van der Waals surface area contributed by atoms with Crippen molar-refractivity contribution in [3.05, 3.63) is 0 Å². The molecule has 72 valence electrons. The Bertz CT molecular complexity index is 128. The van der Waals surface area contributed by atoms with Crippen LogP contribution < -0.4 is 0 Å². The lowest BCUT2D eigenvalue weighted by Gasteiger charge is -2.43. The fraction of sp³-hybridized carbons (Fsp3) is 1.00. The maximum Gasteiger partial charge on any atom is 0.00388 e. The van der Waals surface area contributed by atoms with Gasteiger partial charge < -0.3 is 9.80 Å². The summed E-state index contributed by atoms with van der Waals surface area (Å²) < 4.78 is 0. The Hall–Kier alpha value is -0.0800. The molecule has 0 unspecified atom stereocenters. The van der Waals surface area contributed by atoms with Gasteiger partial charge in [0.15, 0.2) is 0 Å². The van der Waals surface area contributed by atoms with Crippen molar-refractivity contribution in [3.63, 3.8) is 0 Å². The van der Waals surface area contributed by atoms with Crippen LogP contribution in [0.5, 0.6) is 0 Å². The van der Waals surface area contributed by atoms with Crippen LogP contribution in [0.1, 0.15) is 20.8 Å². The van der Waals surface area contributed by atoms with Crippen LogP contribution in [0, 0.1) is 5.92 Å². The van der Waals surface area contributed by atoms with E-state index in [0.717, 1.165) is 12.0 Å². The molecule has 0 saturated carbocycles. The van der Waals surface area contributed by atoms with Gasteiger partial charge in [-0.1, -0.05) is 6.92 Å². The van der Waals surface area contributed by atoms with Gasteiger partial charge in [0.25, 0.3) is 0 Å². The van der Waals surface area contributed by atoms with Crippen LogP contribution in [0.15, 0.2) is 0 Å². The Balaban J connectivity index is 2.09. The molecule has 0 radical (unpaired) electrons. The molecule has 1 heterocycles. The van der Waals surface area contributed by atoms with Crippen molar-refractivity contribution in [2.45, 2.75) is 26.8 Å². The van der Waals surface area contributed by atoms with E-state index in [-0.39, 0.29) is 0 Å². The number of likely N-dealkylation sites (tertiary alicyclic amines) is 1. The van der Waals surface area contributed by atoms with Crippen LogP contribution in [0.2, 0.25) is 0 Å². The predicted molar refractivity (Wildman–Crippen MR) is 53.4 cm³/mol. The van der Waals surface area contributed by atoms with Gasteiger partial charge in [-0.15, -0.1) is 0 Å². The quantitative estimate of drug-likeness (QED) is 0.627. The third kappa shape index (κ3) is 2.46. The molecule has 0 N–H and O–H groups in total. The number of nitrogens with zero attached hydrogens (tertiary/aromatic N) is 2. The third-order valence-electron chi connectivity index (χ3n) is 2.83. The van der Waals surface area contributed by atoms with Gasteiger partial charge in [0, 0.05) is 25.7 Å². The van der Waals surface area contributed by atoms with Gasteiger partial charge in [-0.25, -0.2) is 0 Å². The van der Waals surface area contributed by atoms with Crippen LogP contribution >= 0.6 is 0 Å². The molecule has 0 atom stereocenters. The lowest BCUT2D eigenvalue weighted by Crippen LogP contribution is -2.53. The molecule has 0 bridgehead atoms. The van der Waals surface area contributed by atoms with E-state index in [9.17, 15) is 0 Å². The van der Waals surface area contributed by atoms with Crippen LogP contribution in [0.25, 0.3) is 0 Å². The van der Waals surface area contributed by atoms with E-state index in [4.69, 9.17) is 0 Å². The summed E-state index contributed by atoms with van der Waals surface area (Å²) in [5.74, 6) is 0.928. The second-order valence-electron chi connectivity index (χ2n) is 4.27. The smallest absolute Gasteiger partial charge is 0.00388 e. The van der Waals surface area contributed by atoms with E-state index in [0.29, 0.717) is 0 Å². The standard InChI is InChI=1S/C10H22N2/c1-5-11(4)6-10-7-12(8-10)9(2)3/h9-10H,5-8H2,1-4H3. The average Bonchev–Trinajstić information content (AvgIpc) is 1.94.